The summed E-state index contributed by atoms with van der Waals surface area (Å²) < 4.78 is 2.72. The summed E-state index contributed by atoms with van der Waals surface area (Å²) in [6.45, 7) is 0.519. The Kier molecular flexibility index (Phi) is 2.38. The minimum absolute atomic E-state index is 0.223. The molecule has 0 aliphatic rings. The van der Waals surface area contributed by atoms with Crippen molar-refractivity contribution in [2.45, 2.75) is 6.54 Å². The number of aromatic nitrogens is 3. The molecule has 2 aromatic heterocycles. The number of azide groups is 1. The van der Waals surface area contributed by atoms with Gasteiger partial charge in [-0.15, -0.1) is 5.10 Å². The van der Waals surface area contributed by atoms with Crippen LogP contribution >= 0.6 is 0 Å². The van der Waals surface area contributed by atoms with E-state index in [1.54, 1.807) is 24.4 Å². The number of hydrogen-bond donors (Lipinski definition) is 0. The average Bonchev–Trinajstić information content (AvgIpc) is 2.57. The van der Waals surface area contributed by atoms with E-state index < -0.39 is 0 Å². The second-order valence-corrected chi connectivity index (χ2v) is 2.89. The molecule has 0 aromatic carbocycles. The smallest absolute Gasteiger partial charge is 0.250 e. The highest BCUT2D eigenvalue weighted by molar-refractivity contribution is 5.35. The zero-order chi connectivity index (χ0) is 10.7. The molecule has 0 spiro atoms. The van der Waals surface area contributed by atoms with Gasteiger partial charge >= 0.3 is 5.69 Å². The molecule has 2 aromatic rings. The van der Waals surface area contributed by atoms with Gasteiger partial charge in [-0.3, -0.25) is 4.40 Å². The number of hydrogen-bond acceptors (Lipinski definition) is 3. The van der Waals surface area contributed by atoms with Crippen LogP contribution in [0.15, 0.2) is 34.3 Å². The molecule has 0 N–H and O–H groups in total. The van der Waals surface area contributed by atoms with Crippen LogP contribution in [0, 0.1) is 0 Å². The van der Waals surface area contributed by atoms with Crippen LogP contribution in [-0.4, -0.2) is 20.7 Å². The van der Waals surface area contributed by atoms with Crippen LogP contribution in [0.4, 0.5) is 0 Å². The Bertz CT molecular complexity index is 576. The maximum Gasteiger partial charge on any atom is 0.350 e. The lowest BCUT2D eigenvalue weighted by atomic mass is 10.5. The first-order valence-corrected chi connectivity index (χ1v) is 4.38. The molecule has 0 atom stereocenters. The first kappa shape index (κ1) is 9.29. The summed E-state index contributed by atoms with van der Waals surface area (Å²) in [4.78, 5) is 14.3. The van der Waals surface area contributed by atoms with Gasteiger partial charge in [0.2, 0.25) is 0 Å². The molecule has 2 heterocycles. The first-order chi connectivity index (χ1) is 7.33. The molecule has 2 rings (SSSR count). The van der Waals surface area contributed by atoms with Crippen LogP contribution < -0.4 is 5.69 Å². The maximum absolute atomic E-state index is 11.7. The first-order valence-electron chi connectivity index (χ1n) is 4.38. The zero-order valence-electron chi connectivity index (χ0n) is 7.82. The third-order valence-corrected chi connectivity index (χ3v) is 1.96. The van der Waals surface area contributed by atoms with Gasteiger partial charge in [0.25, 0.3) is 0 Å². The Hall–Kier alpha value is -2.27. The molecule has 0 unspecified atom stereocenters. The third kappa shape index (κ3) is 1.68. The Balaban J connectivity index is 2.40. The minimum Gasteiger partial charge on any atom is -0.250 e. The Morgan fingerprint density at radius 3 is 3.13 bits per heavy atom. The molecule has 0 bridgehead atoms. The van der Waals surface area contributed by atoms with Crippen molar-refractivity contribution >= 4 is 5.65 Å². The average molecular weight is 204 g/mol. The van der Waals surface area contributed by atoms with Crippen LogP contribution in [-0.2, 0) is 6.54 Å². The lowest BCUT2D eigenvalue weighted by molar-refractivity contribution is 0.601. The van der Waals surface area contributed by atoms with Crippen molar-refractivity contribution in [3.63, 3.8) is 0 Å². The normalized spacial score (nSPS) is 10.1. The monoisotopic (exact) mass is 204 g/mol. The fourth-order valence-electron chi connectivity index (χ4n) is 1.30. The van der Waals surface area contributed by atoms with Gasteiger partial charge in [0.05, 0.1) is 6.54 Å². The van der Waals surface area contributed by atoms with E-state index in [4.69, 9.17) is 5.53 Å². The van der Waals surface area contributed by atoms with Gasteiger partial charge in [-0.25, -0.2) is 9.48 Å². The maximum atomic E-state index is 11.7. The topological polar surface area (TPSA) is 88.1 Å². The molecule has 7 heteroatoms. The molecule has 7 nitrogen and oxygen atoms in total. The molecular formula is C8H8N6O. The van der Waals surface area contributed by atoms with Crippen LogP contribution in [0.25, 0.3) is 16.1 Å². The molecule has 0 aliphatic heterocycles. The van der Waals surface area contributed by atoms with E-state index in [0.29, 0.717) is 12.2 Å². The Morgan fingerprint density at radius 1 is 1.53 bits per heavy atom. The summed E-state index contributed by atoms with van der Waals surface area (Å²) in [6, 6.07) is 5.30. The number of fused-ring (bicyclic) bond motifs is 1. The Morgan fingerprint density at radius 2 is 2.40 bits per heavy atom. The molecule has 0 saturated carbocycles. The van der Waals surface area contributed by atoms with Crippen molar-refractivity contribution < 1.29 is 0 Å². The lowest BCUT2D eigenvalue weighted by Crippen LogP contribution is -2.22. The lowest BCUT2D eigenvalue weighted by Gasteiger charge is -1.91. The van der Waals surface area contributed by atoms with E-state index in [1.807, 2.05) is 0 Å². The van der Waals surface area contributed by atoms with E-state index in [1.165, 1.54) is 9.08 Å². The molecule has 15 heavy (non-hydrogen) atoms. The van der Waals surface area contributed by atoms with E-state index in [-0.39, 0.29) is 12.2 Å². The van der Waals surface area contributed by atoms with Gasteiger partial charge in [0.15, 0.2) is 5.65 Å². The van der Waals surface area contributed by atoms with E-state index in [2.05, 4.69) is 15.1 Å². The van der Waals surface area contributed by atoms with Crippen molar-refractivity contribution in [3.05, 3.63) is 45.3 Å². The quantitative estimate of drug-likeness (QED) is 0.420. The molecular weight excluding hydrogens is 196 g/mol. The van der Waals surface area contributed by atoms with Gasteiger partial charge in [-0.2, -0.15) is 0 Å². The second kappa shape index (κ2) is 3.85. The molecule has 0 amide bonds. The highest BCUT2D eigenvalue weighted by Crippen LogP contribution is 1.94. The van der Waals surface area contributed by atoms with Crippen LogP contribution in [0.2, 0.25) is 0 Å². The summed E-state index contributed by atoms with van der Waals surface area (Å²) in [6.07, 6.45) is 1.65. The number of nitrogens with zero attached hydrogens (tertiary/aromatic N) is 6. The summed E-state index contributed by atoms with van der Waals surface area (Å²) in [5, 5.41) is 7.42. The molecule has 76 valence electrons. The number of rotatable bonds is 3. The highest BCUT2D eigenvalue weighted by Gasteiger charge is 2.03. The molecule has 0 saturated heterocycles. The van der Waals surface area contributed by atoms with E-state index >= 15 is 0 Å². The highest BCUT2D eigenvalue weighted by atomic mass is 16.2. The van der Waals surface area contributed by atoms with Gasteiger partial charge in [0, 0.05) is 17.7 Å². The summed E-state index contributed by atoms with van der Waals surface area (Å²) in [5.74, 6) is 0. The summed E-state index contributed by atoms with van der Waals surface area (Å²) >= 11 is 0. The van der Waals surface area contributed by atoms with Crippen molar-refractivity contribution in [1.29, 1.82) is 0 Å². The van der Waals surface area contributed by atoms with Gasteiger partial charge in [0.1, 0.15) is 0 Å². The van der Waals surface area contributed by atoms with Crippen LogP contribution in [0.3, 0.4) is 0 Å². The van der Waals surface area contributed by atoms with Crippen molar-refractivity contribution in [1.82, 2.24) is 14.2 Å². The largest absolute Gasteiger partial charge is 0.350 e. The van der Waals surface area contributed by atoms with Crippen molar-refractivity contribution in [2.75, 3.05) is 6.54 Å². The number of pyridine rings is 1. The van der Waals surface area contributed by atoms with Crippen molar-refractivity contribution in [2.24, 2.45) is 5.11 Å². The molecule has 0 aliphatic carbocycles. The SMILES string of the molecule is [N-]=[N+]=NCCn1nc2ccccn2c1=O. The van der Waals surface area contributed by atoms with Gasteiger partial charge in [-0.05, 0) is 17.7 Å². The second-order valence-electron chi connectivity index (χ2n) is 2.89. The zero-order valence-corrected chi connectivity index (χ0v) is 7.82. The Labute approximate surface area is 84.2 Å². The predicted octanol–water partition coefficient (Wildman–Crippen LogP) is 0.806. The fraction of sp³-hybridized carbons (Fsp3) is 0.250. The van der Waals surface area contributed by atoms with E-state index in [0.717, 1.165) is 0 Å². The standard InChI is InChI=1S/C8H8N6O/c9-12-10-4-6-14-8(15)13-5-2-1-3-7(13)11-14/h1-3,5H,4,6H2. The third-order valence-electron chi connectivity index (χ3n) is 1.96. The van der Waals surface area contributed by atoms with Gasteiger partial charge < -0.3 is 0 Å². The molecule has 0 radical (unpaired) electrons. The predicted molar refractivity (Wildman–Crippen MR) is 53.5 cm³/mol. The van der Waals surface area contributed by atoms with Crippen molar-refractivity contribution in [3.8, 4) is 0 Å². The molecule has 0 fully saturated rings. The van der Waals surface area contributed by atoms with Gasteiger partial charge in [-0.1, -0.05) is 11.2 Å². The van der Waals surface area contributed by atoms with Crippen LogP contribution in [0.5, 0.6) is 0 Å². The summed E-state index contributed by atoms with van der Waals surface area (Å²) in [7, 11) is 0. The van der Waals surface area contributed by atoms with E-state index in [9.17, 15) is 4.79 Å². The summed E-state index contributed by atoms with van der Waals surface area (Å²) in [5.41, 5.74) is 8.46. The fourth-order valence-corrected chi connectivity index (χ4v) is 1.30. The minimum atomic E-state index is -0.223. The van der Waals surface area contributed by atoms with Crippen LogP contribution in [0.1, 0.15) is 0 Å².